The van der Waals surface area contributed by atoms with Crippen LogP contribution in [0.15, 0.2) is 0 Å². The van der Waals surface area contributed by atoms with Crippen LogP contribution in [0.2, 0.25) is 0 Å². The van der Waals surface area contributed by atoms with Gasteiger partial charge < -0.3 is 10.0 Å². The predicted octanol–water partition coefficient (Wildman–Crippen LogP) is 1.75. The van der Waals surface area contributed by atoms with Crippen LogP contribution < -0.4 is 0 Å². The Labute approximate surface area is 96.6 Å². The van der Waals surface area contributed by atoms with E-state index in [2.05, 4.69) is 6.92 Å². The second-order valence-electron chi connectivity index (χ2n) is 4.68. The number of carboxylic acid groups (broad SMARTS) is 1. The SMILES string of the molecule is CCCCCC(=O)N1CC(C)C(C(=O)O)C1. The molecular weight excluding hydrogens is 206 g/mol. The lowest BCUT2D eigenvalue weighted by Crippen LogP contribution is -2.29. The normalized spacial score (nSPS) is 24.8. The van der Waals surface area contributed by atoms with Crippen LogP contribution in [0.3, 0.4) is 0 Å². The van der Waals surface area contributed by atoms with E-state index in [4.69, 9.17) is 5.11 Å². The van der Waals surface area contributed by atoms with E-state index in [9.17, 15) is 9.59 Å². The van der Waals surface area contributed by atoms with Gasteiger partial charge in [0.1, 0.15) is 0 Å². The summed E-state index contributed by atoms with van der Waals surface area (Å²) < 4.78 is 0. The van der Waals surface area contributed by atoms with E-state index in [1.807, 2.05) is 6.92 Å². The number of hydrogen-bond donors (Lipinski definition) is 1. The predicted molar refractivity (Wildman–Crippen MR) is 61.0 cm³/mol. The first-order chi connectivity index (χ1) is 7.56. The molecule has 0 aromatic heterocycles. The van der Waals surface area contributed by atoms with Crippen LogP contribution in [0.25, 0.3) is 0 Å². The monoisotopic (exact) mass is 227 g/mol. The van der Waals surface area contributed by atoms with Crippen molar-refractivity contribution in [3.8, 4) is 0 Å². The van der Waals surface area contributed by atoms with E-state index in [-0.39, 0.29) is 17.7 Å². The van der Waals surface area contributed by atoms with E-state index >= 15 is 0 Å². The van der Waals surface area contributed by atoms with Gasteiger partial charge in [-0.1, -0.05) is 26.7 Å². The van der Waals surface area contributed by atoms with E-state index < -0.39 is 5.97 Å². The molecule has 4 heteroatoms. The number of unbranched alkanes of at least 4 members (excludes halogenated alkanes) is 2. The largest absolute Gasteiger partial charge is 0.481 e. The van der Waals surface area contributed by atoms with Crippen molar-refractivity contribution >= 4 is 11.9 Å². The lowest BCUT2D eigenvalue weighted by molar-refractivity contribution is -0.142. The first kappa shape index (κ1) is 13.0. The summed E-state index contributed by atoms with van der Waals surface area (Å²) in [5, 5.41) is 8.96. The summed E-state index contributed by atoms with van der Waals surface area (Å²) >= 11 is 0. The van der Waals surface area contributed by atoms with Crippen molar-refractivity contribution in [2.75, 3.05) is 13.1 Å². The minimum Gasteiger partial charge on any atom is -0.481 e. The number of carbonyl (C=O) groups excluding carboxylic acids is 1. The zero-order valence-electron chi connectivity index (χ0n) is 10.1. The summed E-state index contributed by atoms with van der Waals surface area (Å²) in [6.45, 7) is 4.99. The van der Waals surface area contributed by atoms with Gasteiger partial charge in [-0.25, -0.2) is 0 Å². The van der Waals surface area contributed by atoms with E-state index in [1.165, 1.54) is 0 Å². The third-order valence-corrected chi connectivity index (χ3v) is 3.28. The number of likely N-dealkylation sites (tertiary alicyclic amines) is 1. The van der Waals surface area contributed by atoms with Gasteiger partial charge in [-0.05, 0) is 12.3 Å². The van der Waals surface area contributed by atoms with Crippen molar-refractivity contribution in [3.63, 3.8) is 0 Å². The zero-order valence-corrected chi connectivity index (χ0v) is 10.1. The third-order valence-electron chi connectivity index (χ3n) is 3.28. The summed E-state index contributed by atoms with van der Waals surface area (Å²) in [5.74, 6) is -0.969. The first-order valence-corrected chi connectivity index (χ1v) is 6.06. The number of amides is 1. The van der Waals surface area contributed by atoms with Crippen LogP contribution in [0.1, 0.15) is 39.5 Å². The summed E-state index contributed by atoms with van der Waals surface area (Å²) in [4.78, 5) is 24.4. The molecule has 4 nitrogen and oxygen atoms in total. The molecule has 0 saturated carbocycles. The molecule has 1 amide bonds. The summed E-state index contributed by atoms with van der Waals surface area (Å²) in [7, 11) is 0. The summed E-state index contributed by atoms with van der Waals surface area (Å²) in [6, 6.07) is 0. The molecule has 1 N–H and O–H groups in total. The Kier molecular flexibility index (Phi) is 4.77. The molecule has 1 heterocycles. The van der Waals surface area contributed by atoms with Gasteiger partial charge in [0.25, 0.3) is 0 Å². The zero-order chi connectivity index (χ0) is 12.1. The van der Waals surface area contributed by atoms with Crippen molar-refractivity contribution < 1.29 is 14.7 Å². The molecule has 1 saturated heterocycles. The molecule has 0 aromatic rings. The third kappa shape index (κ3) is 3.22. The maximum Gasteiger partial charge on any atom is 0.308 e. The highest BCUT2D eigenvalue weighted by Crippen LogP contribution is 2.23. The molecule has 0 radical (unpaired) electrons. The molecule has 1 aliphatic heterocycles. The number of carboxylic acids is 1. The van der Waals surface area contributed by atoms with Gasteiger partial charge in [-0.2, -0.15) is 0 Å². The molecule has 1 rings (SSSR count). The van der Waals surface area contributed by atoms with E-state index in [1.54, 1.807) is 4.90 Å². The van der Waals surface area contributed by atoms with Gasteiger partial charge >= 0.3 is 5.97 Å². The maximum absolute atomic E-state index is 11.8. The fourth-order valence-corrected chi connectivity index (χ4v) is 2.18. The lowest BCUT2D eigenvalue weighted by atomic mass is 9.99. The number of carbonyl (C=O) groups is 2. The van der Waals surface area contributed by atoms with Crippen molar-refractivity contribution in [2.45, 2.75) is 39.5 Å². The number of hydrogen-bond acceptors (Lipinski definition) is 2. The quantitative estimate of drug-likeness (QED) is 0.728. The standard InChI is InChI=1S/C12H21NO3/c1-3-4-5-6-11(14)13-7-9(2)10(8-13)12(15)16/h9-10H,3-8H2,1-2H3,(H,15,16). The second-order valence-corrected chi connectivity index (χ2v) is 4.68. The first-order valence-electron chi connectivity index (χ1n) is 6.06. The van der Waals surface area contributed by atoms with Crippen LogP contribution >= 0.6 is 0 Å². The fourth-order valence-electron chi connectivity index (χ4n) is 2.18. The smallest absolute Gasteiger partial charge is 0.308 e. The summed E-state index contributed by atoms with van der Waals surface area (Å²) in [5.41, 5.74) is 0. The molecule has 2 atom stereocenters. The molecule has 0 aliphatic carbocycles. The van der Waals surface area contributed by atoms with Crippen molar-refractivity contribution in [2.24, 2.45) is 11.8 Å². The average Bonchev–Trinajstić information content (AvgIpc) is 2.60. The minimum atomic E-state index is -0.781. The van der Waals surface area contributed by atoms with Crippen molar-refractivity contribution in [3.05, 3.63) is 0 Å². The fraction of sp³-hybridized carbons (Fsp3) is 0.833. The van der Waals surface area contributed by atoms with Crippen LogP contribution in [-0.2, 0) is 9.59 Å². The van der Waals surface area contributed by atoms with Crippen LogP contribution in [0.5, 0.6) is 0 Å². The second kappa shape index (κ2) is 5.87. The molecule has 0 bridgehead atoms. The lowest BCUT2D eigenvalue weighted by Gasteiger charge is -2.15. The van der Waals surface area contributed by atoms with Gasteiger partial charge in [-0.3, -0.25) is 9.59 Å². The Morgan fingerprint density at radius 2 is 2.00 bits per heavy atom. The Hall–Kier alpha value is -1.06. The van der Waals surface area contributed by atoms with Crippen LogP contribution in [0.4, 0.5) is 0 Å². The van der Waals surface area contributed by atoms with Gasteiger partial charge in [0.2, 0.25) is 5.91 Å². The maximum atomic E-state index is 11.8. The minimum absolute atomic E-state index is 0.0765. The molecular formula is C12H21NO3. The van der Waals surface area contributed by atoms with Gasteiger partial charge in [0, 0.05) is 19.5 Å². The number of rotatable bonds is 5. The average molecular weight is 227 g/mol. The highest BCUT2D eigenvalue weighted by molar-refractivity contribution is 5.78. The Bertz CT molecular complexity index is 265. The summed E-state index contributed by atoms with van der Waals surface area (Å²) in [6.07, 6.45) is 3.64. The van der Waals surface area contributed by atoms with Crippen LogP contribution in [-0.4, -0.2) is 35.0 Å². The molecule has 16 heavy (non-hydrogen) atoms. The molecule has 2 unspecified atom stereocenters. The molecule has 0 spiro atoms. The molecule has 0 aromatic carbocycles. The van der Waals surface area contributed by atoms with Crippen molar-refractivity contribution in [1.82, 2.24) is 4.90 Å². The highest BCUT2D eigenvalue weighted by atomic mass is 16.4. The molecule has 92 valence electrons. The van der Waals surface area contributed by atoms with Gasteiger partial charge in [0.15, 0.2) is 0 Å². The highest BCUT2D eigenvalue weighted by Gasteiger charge is 2.36. The molecule has 1 aliphatic rings. The Morgan fingerprint density at radius 1 is 1.31 bits per heavy atom. The van der Waals surface area contributed by atoms with Crippen molar-refractivity contribution in [1.29, 1.82) is 0 Å². The topological polar surface area (TPSA) is 57.6 Å². The Balaban J connectivity index is 2.39. The van der Waals surface area contributed by atoms with Gasteiger partial charge in [0.05, 0.1) is 5.92 Å². The van der Waals surface area contributed by atoms with E-state index in [0.29, 0.717) is 19.5 Å². The Morgan fingerprint density at radius 3 is 2.50 bits per heavy atom. The van der Waals surface area contributed by atoms with E-state index in [0.717, 1.165) is 19.3 Å². The number of aliphatic carboxylic acids is 1. The molecule has 1 fully saturated rings. The van der Waals surface area contributed by atoms with Crippen LogP contribution in [0, 0.1) is 11.8 Å². The van der Waals surface area contributed by atoms with Gasteiger partial charge in [-0.15, -0.1) is 0 Å². The number of nitrogens with zero attached hydrogens (tertiary/aromatic N) is 1.